The molecule has 1 N–H and O–H groups in total. The van der Waals surface area contributed by atoms with Crippen molar-refractivity contribution in [3.05, 3.63) is 76.9 Å². The number of carbonyl (C=O) groups excluding carboxylic acids is 1. The number of amides is 1. The van der Waals surface area contributed by atoms with Crippen LogP contribution in [0.15, 0.2) is 42.5 Å². The number of aryl methyl sites for hydroxylation is 1. The lowest BCUT2D eigenvalue weighted by Crippen LogP contribution is -2.27. The summed E-state index contributed by atoms with van der Waals surface area (Å²) in [6.45, 7) is 7.98. The Hall–Kier alpha value is -3.55. The van der Waals surface area contributed by atoms with Gasteiger partial charge in [-0.2, -0.15) is 5.10 Å². The molecule has 0 aliphatic carbocycles. The first-order valence-corrected chi connectivity index (χ1v) is 10.5. The molecule has 0 spiro atoms. The zero-order chi connectivity index (χ0) is 23.0. The van der Waals surface area contributed by atoms with Gasteiger partial charge < -0.3 is 9.88 Å². The molecule has 6 nitrogen and oxygen atoms in total. The van der Waals surface area contributed by atoms with E-state index in [2.05, 4.69) is 28.8 Å². The predicted octanol–water partition coefficient (Wildman–Crippen LogP) is 4.67. The van der Waals surface area contributed by atoms with E-state index in [-0.39, 0.29) is 17.6 Å². The van der Waals surface area contributed by atoms with Gasteiger partial charge >= 0.3 is 0 Å². The molecule has 0 atom stereocenters. The van der Waals surface area contributed by atoms with Gasteiger partial charge in [-0.1, -0.05) is 12.1 Å². The van der Waals surface area contributed by atoms with E-state index in [4.69, 9.17) is 4.98 Å². The fourth-order valence-electron chi connectivity index (χ4n) is 4.08. The first kappa shape index (κ1) is 21.7. The average Bonchev–Trinajstić information content (AvgIpc) is 3.24. The minimum atomic E-state index is -0.741. The molecule has 32 heavy (non-hydrogen) atoms. The quantitative estimate of drug-likeness (QED) is 0.477. The number of carbonyl (C=O) groups is 1. The van der Waals surface area contributed by atoms with Gasteiger partial charge in [0.1, 0.15) is 17.3 Å². The molecule has 0 bridgehead atoms. The Kier molecular flexibility index (Phi) is 5.78. The second-order valence-corrected chi connectivity index (χ2v) is 8.04. The largest absolute Gasteiger partial charge is 0.351 e. The third-order valence-electron chi connectivity index (χ3n) is 5.48. The summed E-state index contributed by atoms with van der Waals surface area (Å²) in [4.78, 5) is 17.6. The molecule has 2 aromatic heterocycles. The van der Waals surface area contributed by atoms with Gasteiger partial charge in [0.05, 0.1) is 28.0 Å². The van der Waals surface area contributed by atoms with Crippen LogP contribution in [0.2, 0.25) is 0 Å². The Bertz CT molecular complexity index is 1310. The Labute approximate surface area is 184 Å². The summed E-state index contributed by atoms with van der Waals surface area (Å²) >= 11 is 0. The van der Waals surface area contributed by atoms with E-state index in [0.717, 1.165) is 29.0 Å². The Morgan fingerprint density at radius 3 is 2.59 bits per heavy atom. The van der Waals surface area contributed by atoms with Crippen molar-refractivity contribution in [2.75, 3.05) is 6.54 Å². The molecular weight excluding hydrogens is 412 g/mol. The highest BCUT2D eigenvalue weighted by Crippen LogP contribution is 2.22. The lowest BCUT2D eigenvalue weighted by atomic mass is 10.1. The van der Waals surface area contributed by atoms with Crippen LogP contribution in [0.25, 0.3) is 16.7 Å². The number of aromatic nitrogens is 4. The van der Waals surface area contributed by atoms with Crippen LogP contribution in [0.1, 0.15) is 47.5 Å². The maximum atomic E-state index is 14.2. The molecular formula is C24H25F2N5O. The number of nitrogens with one attached hydrogen (secondary N) is 1. The molecule has 0 saturated carbocycles. The maximum Gasteiger partial charge on any atom is 0.255 e. The number of nitrogens with zero attached hydrogens (tertiary/aromatic N) is 4. The second-order valence-electron chi connectivity index (χ2n) is 8.04. The Balaban J connectivity index is 1.53. The van der Waals surface area contributed by atoms with Gasteiger partial charge in [0.25, 0.3) is 5.91 Å². The summed E-state index contributed by atoms with van der Waals surface area (Å²) in [5.41, 5.74) is 3.43. The van der Waals surface area contributed by atoms with Crippen molar-refractivity contribution < 1.29 is 13.6 Å². The number of hydrogen-bond donors (Lipinski definition) is 1. The molecule has 0 aliphatic rings. The molecule has 0 aliphatic heterocycles. The number of benzene rings is 2. The van der Waals surface area contributed by atoms with Crippen molar-refractivity contribution in [1.29, 1.82) is 0 Å². The minimum absolute atomic E-state index is 0.0942. The summed E-state index contributed by atoms with van der Waals surface area (Å²) in [5, 5.41) is 7.23. The molecule has 0 saturated heterocycles. The van der Waals surface area contributed by atoms with E-state index >= 15 is 0 Å². The fraction of sp³-hybridized carbons (Fsp3) is 0.292. The lowest BCUT2D eigenvalue weighted by molar-refractivity contribution is 0.0952. The SMILES string of the molecule is Cc1nn(-c2ccc(F)cc2F)c(C)c1C(=O)NCCc1nc2ccccc2n1C(C)C. The van der Waals surface area contributed by atoms with Crippen LogP contribution in [-0.2, 0) is 6.42 Å². The molecule has 0 radical (unpaired) electrons. The van der Waals surface area contributed by atoms with Gasteiger partial charge in [-0.15, -0.1) is 0 Å². The third-order valence-corrected chi connectivity index (χ3v) is 5.48. The molecule has 166 valence electrons. The first-order valence-electron chi connectivity index (χ1n) is 10.5. The van der Waals surface area contributed by atoms with Crippen molar-refractivity contribution in [3.63, 3.8) is 0 Å². The van der Waals surface area contributed by atoms with E-state index in [1.165, 1.54) is 10.7 Å². The van der Waals surface area contributed by atoms with E-state index in [1.807, 2.05) is 24.3 Å². The highest BCUT2D eigenvalue weighted by atomic mass is 19.1. The maximum absolute atomic E-state index is 14.2. The summed E-state index contributed by atoms with van der Waals surface area (Å²) in [6.07, 6.45) is 0.567. The average molecular weight is 437 g/mol. The fourth-order valence-corrected chi connectivity index (χ4v) is 4.08. The van der Waals surface area contributed by atoms with Crippen molar-refractivity contribution >= 4 is 16.9 Å². The van der Waals surface area contributed by atoms with Crippen LogP contribution in [0.5, 0.6) is 0 Å². The molecule has 2 aromatic carbocycles. The summed E-state index contributed by atoms with van der Waals surface area (Å²) in [7, 11) is 0. The highest BCUT2D eigenvalue weighted by molar-refractivity contribution is 5.96. The number of para-hydroxylation sites is 2. The molecule has 0 unspecified atom stereocenters. The molecule has 0 fully saturated rings. The topological polar surface area (TPSA) is 64.7 Å². The molecule has 1 amide bonds. The number of imidazole rings is 1. The van der Waals surface area contributed by atoms with Crippen LogP contribution in [0.4, 0.5) is 8.78 Å². The number of fused-ring (bicyclic) bond motifs is 1. The highest BCUT2D eigenvalue weighted by Gasteiger charge is 2.21. The lowest BCUT2D eigenvalue weighted by Gasteiger charge is -2.13. The summed E-state index contributed by atoms with van der Waals surface area (Å²) in [5.74, 6) is -0.798. The van der Waals surface area contributed by atoms with E-state index in [1.54, 1.807) is 13.8 Å². The number of rotatable bonds is 6. The van der Waals surface area contributed by atoms with E-state index in [9.17, 15) is 13.6 Å². The van der Waals surface area contributed by atoms with Crippen LogP contribution in [-0.4, -0.2) is 31.8 Å². The van der Waals surface area contributed by atoms with E-state index < -0.39 is 11.6 Å². The number of hydrogen-bond acceptors (Lipinski definition) is 3. The van der Waals surface area contributed by atoms with Crippen molar-refractivity contribution in [2.24, 2.45) is 0 Å². The van der Waals surface area contributed by atoms with Crippen molar-refractivity contribution in [3.8, 4) is 5.69 Å². The van der Waals surface area contributed by atoms with Crippen molar-refractivity contribution in [1.82, 2.24) is 24.6 Å². The smallest absolute Gasteiger partial charge is 0.255 e. The first-order chi connectivity index (χ1) is 15.3. The minimum Gasteiger partial charge on any atom is -0.351 e. The van der Waals surface area contributed by atoms with Gasteiger partial charge in [0.2, 0.25) is 0 Å². The molecule has 8 heteroatoms. The molecule has 2 heterocycles. The van der Waals surface area contributed by atoms with Crippen LogP contribution >= 0.6 is 0 Å². The van der Waals surface area contributed by atoms with Crippen LogP contribution in [0.3, 0.4) is 0 Å². The monoisotopic (exact) mass is 437 g/mol. The van der Waals surface area contributed by atoms with E-state index in [0.29, 0.717) is 29.9 Å². The van der Waals surface area contributed by atoms with Crippen LogP contribution in [0, 0.1) is 25.5 Å². The Morgan fingerprint density at radius 1 is 1.12 bits per heavy atom. The number of halogens is 2. The zero-order valence-electron chi connectivity index (χ0n) is 18.5. The summed E-state index contributed by atoms with van der Waals surface area (Å²) < 4.78 is 31.0. The zero-order valence-corrected chi connectivity index (χ0v) is 18.5. The van der Waals surface area contributed by atoms with Crippen LogP contribution < -0.4 is 5.32 Å². The van der Waals surface area contributed by atoms with Gasteiger partial charge in [0.15, 0.2) is 5.82 Å². The van der Waals surface area contributed by atoms with Crippen molar-refractivity contribution in [2.45, 2.75) is 40.2 Å². The Morgan fingerprint density at radius 2 is 1.88 bits per heavy atom. The van der Waals surface area contributed by atoms with Gasteiger partial charge in [-0.25, -0.2) is 18.4 Å². The second kappa shape index (κ2) is 8.53. The van der Waals surface area contributed by atoms with Gasteiger partial charge in [-0.05, 0) is 52.0 Å². The standard InChI is InChI=1S/C24H25F2N5O/c1-14(2)30-21-8-6-5-7-19(21)28-22(30)11-12-27-24(32)23-15(3)29-31(16(23)4)20-10-9-17(25)13-18(20)26/h5-10,13-14H,11-12H2,1-4H3,(H,27,32). The molecule has 4 rings (SSSR count). The van der Waals surface area contributed by atoms with Gasteiger partial charge in [-0.3, -0.25) is 4.79 Å². The predicted molar refractivity (Wildman–Crippen MR) is 119 cm³/mol. The summed E-state index contributed by atoms with van der Waals surface area (Å²) in [6, 6.07) is 11.5. The van der Waals surface area contributed by atoms with Gasteiger partial charge in [0, 0.05) is 25.1 Å². The normalized spacial score (nSPS) is 11.5. The third kappa shape index (κ3) is 3.88. The molecule has 4 aromatic rings.